The average Bonchev–Trinajstić information content (AvgIpc) is 3.11. The van der Waals surface area contributed by atoms with Crippen molar-refractivity contribution < 1.29 is 4.57 Å². The second kappa shape index (κ2) is 8.32. The predicted molar refractivity (Wildman–Crippen MR) is 137 cm³/mol. The van der Waals surface area contributed by atoms with Crippen molar-refractivity contribution in [3.8, 4) is 28.2 Å². The van der Waals surface area contributed by atoms with Crippen LogP contribution in [0.1, 0.15) is 36.6 Å². The van der Waals surface area contributed by atoms with Crippen LogP contribution in [-0.2, 0) is 7.05 Å². The maximum absolute atomic E-state index is 4.65. The van der Waals surface area contributed by atoms with E-state index in [2.05, 4.69) is 128 Å². The molecule has 164 valence electrons. The summed E-state index contributed by atoms with van der Waals surface area (Å²) in [6.07, 6.45) is 1.90. The van der Waals surface area contributed by atoms with Gasteiger partial charge in [-0.25, -0.2) is 4.57 Å². The third kappa shape index (κ3) is 3.54. The zero-order chi connectivity index (χ0) is 23.1. The van der Waals surface area contributed by atoms with Crippen LogP contribution in [0, 0.1) is 13.8 Å². The van der Waals surface area contributed by atoms with Crippen molar-refractivity contribution in [1.82, 2.24) is 9.55 Å². The molecule has 33 heavy (non-hydrogen) atoms. The molecule has 0 aliphatic heterocycles. The van der Waals surface area contributed by atoms with E-state index in [4.69, 9.17) is 0 Å². The minimum Gasteiger partial charge on any atom is -0.261 e. The molecule has 0 atom stereocenters. The number of pyridine rings is 1. The summed E-state index contributed by atoms with van der Waals surface area (Å²) in [5, 5.41) is 0. The summed E-state index contributed by atoms with van der Waals surface area (Å²) >= 11 is 0. The number of hydrogen-bond donors (Lipinski definition) is 0. The van der Waals surface area contributed by atoms with Gasteiger partial charge < -0.3 is 0 Å². The predicted octanol–water partition coefficient (Wildman–Crippen LogP) is 6.92. The number of aryl methyl sites for hydroxylation is 3. The van der Waals surface area contributed by atoms with E-state index in [-0.39, 0.29) is 0 Å². The van der Waals surface area contributed by atoms with Gasteiger partial charge in [-0.3, -0.25) is 4.98 Å². The van der Waals surface area contributed by atoms with Gasteiger partial charge in [0.15, 0.2) is 11.0 Å². The Balaban J connectivity index is 1.86. The number of nitrogens with zero attached hydrogens (tertiary/aromatic N) is 3. The zero-order valence-corrected chi connectivity index (χ0v) is 20.0. The van der Waals surface area contributed by atoms with Gasteiger partial charge in [0.2, 0.25) is 0 Å². The fourth-order valence-electron chi connectivity index (χ4n) is 4.90. The van der Waals surface area contributed by atoms with Crippen LogP contribution in [0.2, 0.25) is 0 Å². The molecule has 0 saturated carbocycles. The minimum atomic E-state index is 0.374. The van der Waals surface area contributed by atoms with Crippen molar-refractivity contribution in [2.75, 3.05) is 0 Å². The van der Waals surface area contributed by atoms with Crippen LogP contribution < -0.4 is 4.57 Å². The van der Waals surface area contributed by atoms with Gasteiger partial charge >= 0.3 is 0 Å². The van der Waals surface area contributed by atoms with Gasteiger partial charge in [0.1, 0.15) is 5.69 Å². The Bertz CT molecular complexity index is 1440. The largest absolute Gasteiger partial charge is 0.296 e. The van der Waals surface area contributed by atoms with E-state index >= 15 is 0 Å². The molecular formula is C30H30N3+. The van der Waals surface area contributed by atoms with E-state index in [0.717, 1.165) is 11.5 Å². The highest BCUT2D eigenvalue weighted by molar-refractivity contribution is 5.81. The lowest BCUT2D eigenvalue weighted by molar-refractivity contribution is -0.633. The summed E-state index contributed by atoms with van der Waals surface area (Å²) in [4.78, 5) is 4.65. The molecule has 0 amide bonds. The van der Waals surface area contributed by atoms with Crippen molar-refractivity contribution in [3.05, 3.63) is 102 Å². The molecule has 0 unspecified atom stereocenters. The normalized spacial score (nSPS) is 11.5. The molecule has 0 radical (unpaired) electrons. The lowest BCUT2D eigenvalue weighted by Crippen LogP contribution is -2.31. The second-order valence-corrected chi connectivity index (χ2v) is 9.09. The zero-order valence-electron chi connectivity index (χ0n) is 20.0. The highest BCUT2D eigenvalue weighted by Crippen LogP contribution is 2.35. The number of aromatic nitrogens is 3. The molecule has 0 fully saturated rings. The van der Waals surface area contributed by atoms with E-state index in [1.807, 2.05) is 6.20 Å². The van der Waals surface area contributed by atoms with Crippen LogP contribution in [0.4, 0.5) is 0 Å². The van der Waals surface area contributed by atoms with Gasteiger partial charge in [0, 0.05) is 11.8 Å². The lowest BCUT2D eigenvalue weighted by Gasteiger charge is -2.15. The fraction of sp³-hybridized carbons (Fsp3) is 0.200. The Morgan fingerprint density at radius 3 is 2.27 bits per heavy atom. The molecule has 0 aliphatic rings. The fourth-order valence-corrected chi connectivity index (χ4v) is 4.90. The first kappa shape index (κ1) is 21.1. The third-order valence-electron chi connectivity index (χ3n) is 6.58. The topological polar surface area (TPSA) is 21.7 Å². The van der Waals surface area contributed by atoms with Crippen LogP contribution in [0.5, 0.6) is 0 Å². The maximum atomic E-state index is 4.65. The molecule has 0 N–H and O–H groups in total. The first-order valence-corrected chi connectivity index (χ1v) is 11.6. The summed E-state index contributed by atoms with van der Waals surface area (Å²) in [6, 6.07) is 28.3. The van der Waals surface area contributed by atoms with E-state index < -0.39 is 0 Å². The number of imidazole rings is 1. The van der Waals surface area contributed by atoms with Crippen molar-refractivity contribution in [1.29, 1.82) is 0 Å². The Morgan fingerprint density at radius 1 is 0.818 bits per heavy atom. The Morgan fingerprint density at radius 2 is 1.55 bits per heavy atom. The maximum Gasteiger partial charge on any atom is 0.296 e. The third-order valence-corrected chi connectivity index (χ3v) is 6.58. The van der Waals surface area contributed by atoms with E-state index in [1.165, 1.54) is 44.5 Å². The molecule has 3 heteroatoms. The van der Waals surface area contributed by atoms with Crippen molar-refractivity contribution >= 4 is 11.0 Å². The highest BCUT2D eigenvalue weighted by atomic mass is 15.2. The van der Waals surface area contributed by atoms with Gasteiger partial charge in [0.05, 0.1) is 18.3 Å². The number of rotatable bonds is 4. The standard InChI is InChI=1S/C30H30N3/c1-20(2)25-19-24(23-11-7-6-8-12-23)15-16-26(25)33-28-14-10-9-13-27(28)32(5)30(33)29-21(3)17-18-31-22(29)4/h6-20H,1-5H3/q+1. The van der Waals surface area contributed by atoms with Crippen molar-refractivity contribution in [2.24, 2.45) is 7.05 Å². The first-order valence-electron chi connectivity index (χ1n) is 11.6. The van der Waals surface area contributed by atoms with E-state index in [0.29, 0.717) is 5.92 Å². The summed E-state index contributed by atoms with van der Waals surface area (Å²) < 4.78 is 4.73. The smallest absolute Gasteiger partial charge is 0.261 e. The van der Waals surface area contributed by atoms with Crippen LogP contribution in [0.3, 0.4) is 0 Å². The quantitative estimate of drug-likeness (QED) is 0.282. The molecule has 0 spiro atoms. The molecule has 0 aliphatic carbocycles. The molecule has 0 saturated heterocycles. The van der Waals surface area contributed by atoms with Crippen LogP contribution in [0.25, 0.3) is 39.2 Å². The van der Waals surface area contributed by atoms with Crippen molar-refractivity contribution in [3.63, 3.8) is 0 Å². The summed E-state index contributed by atoms with van der Waals surface area (Å²) in [6.45, 7) is 8.83. The molecule has 2 aromatic heterocycles. The van der Waals surface area contributed by atoms with Crippen LogP contribution >= 0.6 is 0 Å². The molecule has 3 aromatic carbocycles. The van der Waals surface area contributed by atoms with Crippen molar-refractivity contribution in [2.45, 2.75) is 33.6 Å². The van der Waals surface area contributed by atoms with Crippen LogP contribution in [0.15, 0.2) is 85.1 Å². The second-order valence-electron chi connectivity index (χ2n) is 9.09. The summed E-state index contributed by atoms with van der Waals surface area (Å²) in [5.74, 6) is 1.53. The molecular weight excluding hydrogens is 402 g/mol. The van der Waals surface area contributed by atoms with E-state index in [1.54, 1.807) is 0 Å². The molecule has 3 nitrogen and oxygen atoms in total. The lowest BCUT2D eigenvalue weighted by atomic mass is 9.95. The first-order chi connectivity index (χ1) is 16.0. The van der Waals surface area contributed by atoms with Crippen LogP contribution in [-0.4, -0.2) is 9.55 Å². The monoisotopic (exact) mass is 432 g/mol. The summed E-state index contributed by atoms with van der Waals surface area (Å²) in [7, 11) is 2.16. The summed E-state index contributed by atoms with van der Waals surface area (Å²) in [5.41, 5.74) is 10.9. The van der Waals surface area contributed by atoms with Gasteiger partial charge in [-0.15, -0.1) is 0 Å². The van der Waals surface area contributed by atoms with E-state index in [9.17, 15) is 0 Å². The molecule has 5 aromatic rings. The van der Waals surface area contributed by atoms with Gasteiger partial charge in [-0.05, 0) is 66.8 Å². The number of para-hydroxylation sites is 2. The SMILES string of the molecule is Cc1ccnc(C)c1-c1n(-c2ccc(-c3ccccc3)cc2C(C)C)c2ccccc2[n+]1C. The molecule has 2 heterocycles. The number of hydrogen-bond acceptors (Lipinski definition) is 1. The Labute approximate surface area is 196 Å². The molecule has 5 rings (SSSR count). The average molecular weight is 433 g/mol. The molecule has 0 bridgehead atoms. The Kier molecular flexibility index (Phi) is 5.33. The number of benzene rings is 3. The number of fused-ring (bicyclic) bond motifs is 1. The van der Waals surface area contributed by atoms with Gasteiger partial charge in [-0.1, -0.05) is 62.4 Å². The van der Waals surface area contributed by atoms with Gasteiger partial charge in [0.25, 0.3) is 5.82 Å². The highest BCUT2D eigenvalue weighted by Gasteiger charge is 2.30. The van der Waals surface area contributed by atoms with Gasteiger partial charge in [-0.2, -0.15) is 4.57 Å². The Hall–Kier alpha value is -3.72. The minimum absolute atomic E-state index is 0.374.